The quantitative estimate of drug-likeness (QED) is 0.671. The van der Waals surface area contributed by atoms with Crippen LogP contribution < -0.4 is 5.32 Å². The third-order valence-electron chi connectivity index (χ3n) is 3.57. The van der Waals surface area contributed by atoms with Crippen LogP contribution in [-0.2, 0) is 6.42 Å². The van der Waals surface area contributed by atoms with Crippen molar-refractivity contribution in [1.82, 2.24) is 4.98 Å². The minimum atomic E-state index is 0.574. The number of anilines is 2. The lowest BCUT2D eigenvalue weighted by Gasteiger charge is -2.11. The van der Waals surface area contributed by atoms with Crippen molar-refractivity contribution in [1.29, 1.82) is 0 Å². The lowest BCUT2D eigenvalue weighted by molar-refractivity contribution is 0.720. The largest absolute Gasteiger partial charge is 0.354 e. The molecular weight excluding hydrogens is 268 g/mol. The monoisotopic (exact) mass is 292 g/mol. The van der Waals surface area contributed by atoms with E-state index in [9.17, 15) is 0 Å². The minimum absolute atomic E-state index is 0.574. The van der Waals surface area contributed by atoms with E-state index in [0.29, 0.717) is 5.92 Å². The van der Waals surface area contributed by atoms with Gasteiger partial charge in [0.2, 0.25) is 0 Å². The third kappa shape index (κ3) is 4.59. The van der Waals surface area contributed by atoms with Crippen molar-refractivity contribution in [2.24, 2.45) is 5.92 Å². The Kier molecular flexibility index (Phi) is 5.96. The van der Waals surface area contributed by atoms with Gasteiger partial charge in [0.25, 0.3) is 0 Å². The Morgan fingerprint density at radius 3 is 2.68 bits per heavy atom. The average molecular weight is 292 g/mol. The Balaban J connectivity index is 2.03. The lowest BCUT2D eigenvalue weighted by atomic mass is 10.0. The van der Waals surface area contributed by atoms with Crippen molar-refractivity contribution in [2.75, 3.05) is 5.32 Å². The maximum Gasteiger partial charge on any atom is 0.0644 e. The summed E-state index contributed by atoms with van der Waals surface area (Å²) >= 11 is 0. The molecule has 114 valence electrons. The number of rotatable bonds is 7. The number of nitrogens with zero attached hydrogens (tertiary/aromatic N) is 1. The number of aromatic nitrogens is 1. The summed E-state index contributed by atoms with van der Waals surface area (Å²) in [5, 5.41) is 3.39. The molecule has 0 bridgehead atoms. The summed E-state index contributed by atoms with van der Waals surface area (Å²) in [5.74, 6) is 0.574. The summed E-state index contributed by atoms with van der Waals surface area (Å²) in [4.78, 5) is 4.16. The van der Waals surface area contributed by atoms with E-state index in [4.69, 9.17) is 0 Å². The molecule has 0 spiro atoms. The highest BCUT2D eigenvalue weighted by molar-refractivity contribution is 5.70. The fourth-order valence-corrected chi connectivity index (χ4v) is 2.38. The molecule has 0 saturated carbocycles. The molecule has 22 heavy (non-hydrogen) atoms. The smallest absolute Gasteiger partial charge is 0.0644 e. The van der Waals surface area contributed by atoms with Gasteiger partial charge in [-0.15, -0.1) is 0 Å². The predicted molar refractivity (Wildman–Crippen MR) is 96.4 cm³/mol. The van der Waals surface area contributed by atoms with Gasteiger partial charge in [-0.05, 0) is 42.5 Å². The molecule has 0 radical (unpaired) electrons. The highest BCUT2D eigenvalue weighted by Gasteiger charge is 2.02. The molecule has 1 heterocycles. The number of allylic oxidation sites excluding steroid dienone is 2. The molecule has 1 atom stereocenters. The Labute approximate surface area is 133 Å². The minimum Gasteiger partial charge on any atom is -0.354 e. The molecule has 1 aromatic heterocycles. The zero-order valence-corrected chi connectivity index (χ0v) is 13.4. The van der Waals surface area contributed by atoms with Crippen molar-refractivity contribution < 1.29 is 0 Å². The van der Waals surface area contributed by atoms with Gasteiger partial charge in [-0.1, -0.05) is 50.8 Å². The Bertz CT molecular complexity index is 626. The number of nitrogens with one attached hydrogen (secondary N) is 1. The molecule has 2 aromatic rings. The summed E-state index contributed by atoms with van der Waals surface area (Å²) in [6, 6.07) is 10.5. The summed E-state index contributed by atoms with van der Waals surface area (Å²) in [6.45, 7) is 8.25. The van der Waals surface area contributed by atoms with Crippen LogP contribution in [0.25, 0.3) is 6.08 Å². The zero-order valence-electron chi connectivity index (χ0n) is 13.4. The maximum absolute atomic E-state index is 4.16. The van der Waals surface area contributed by atoms with Crippen LogP contribution >= 0.6 is 0 Å². The summed E-state index contributed by atoms with van der Waals surface area (Å²) < 4.78 is 0. The molecular formula is C20H24N2. The molecule has 0 saturated heterocycles. The van der Waals surface area contributed by atoms with Gasteiger partial charge < -0.3 is 5.32 Å². The van der Waals surface area contributed by atoms with E-state index < -0.39 is 0 Å². The van der Waals surface area contributed by atoms with Gasteiger partial charge in [0.1, 0.15) is 0 Å². The van der Waals surface area contributed by atoms with E-state index in [1.807, 2.05) is 18.3 Å². The van der Waals surface area contributed by atoms with E-state index in [-0.39, 0.29) is 0 Å². The van der Waals surface area contributed by atoms with Crippen molar-refractivity contribution in [3.63, 3.8) is 0 Å². The van der Waals surface area contributed by atoms with Gasteiger partial charge in [-0.2, -0.15) is 0 Å². The second-order valence-corrected chi connectivity index (χ2v) is 5.51. The maximum atomic E-state index is 4.16. The number of hydrogen-bond acceptors (Lipinski definition) is 2. The summed E-state index contributed by atoms with van der Waals surface area (Å²) in [7, 11) is 0. The predicted octanol–water partition coefficient (Wildman–Crippen LogP) is 5.61. The topological polar surface area (TPSA) is 24.9 Å². The van der Waals surface area contributed by atoms with E-state index in [0.717, 1.165) is 29.8 Å². The first-order chi connectivity index (χ1) is 10.7. The van der Waals surface area contributed by atoms with Gasteiger partial charge in [-0.25, -0.2) is 0 Å². The summed E-state index contributed by atoms with van der Waals surface area (Å²) in [5.41, 5.74) is 4.45. The second kappa shape index (κ2) is 8.18. The van der Waals surface area contributed by atoms with Crippen molar-refractivity contribution in [2.45, 2.75) is 26.7 Å². The summed E-state index contributed by atoms with van der Waals surface area (Å²) in [6.07, 6.45) is 12.1. The van der Waals surface area contributed by atoms with Crippen molar-refractivity contribution in [3.05, 3.63) is 72.6 Å². The van der Waals surface area contributed by atoms with Gasteiger partial charge in [-0.3, -0.25) is 4.98 Å². The van der Waals surface area contributed by atoms with Crippen LogP contribution in [0.1, 0.15) is 31.4 Å². The molecule has 1 unspecified atom stereocenters. The van der Waals surface area contributed by atoms with Crippen molar-refractivity contribution >= 4 is 17.5 Å². The first-order valence-corrected chi connectivity index (χ1v) is 7.82. The van der Waals surface area contributed by atoms with Crippen LogP contribution in [0.2, 0.25) is 0 Å². The van der Waals surface area contributed by atoms with E-state index in [1.54, 1.807) is 6.20 Å². The SMILES string of the molecule is C=Cc1ccncc1Nc1ccc(CC(C)/C=C\CC)cc1. The van der Waals surface area contributed by atoms with Crippen LogP contribution in [0, 0.1) is 5.92 Å². The molecule has 0 fully saturated rings. The van der Waals surface area contributed by atoms with Crippen LogP contribution in [0.5, 0.6) is 0 Å². The zero-order chi connectivity index (χ0) is 15.8. The van der Waals surface area contributed by atoms with Gasteiger partial charge >= 0.3 is 0 Å². The highest BCUT2D eigenvalue weighted by Crippen LogP contribution is 2.21. The van der Waals surface area contributed by atoms with Crippen LogP contribution in [0.15, 0.2) is 61.5 Å². The fourth-order valence-electron chi connectivity index (χ4n) is 2.38. The molecule has 0 aliphatic carbocycles. The molecule has 1 aromatic carbocycles. The average Bonchev–Trinajstić information content (AvgIpc) is 2.55. The van der Waals surface area contributed by atoms with Crippen LogP contribution in [0.4, 0.5) is 11.4 Å². The fraction of sp³-hybridized carbons (Fsp3) is 0.250. The van der Waals surface area contributed by atoms with Gasteiger partial charge in [0.05, 0.1) is 11.9 Å². The molecule has 0 aliphatic heterocycles. The molecule has 0 amide bonds. The molecule has 1 N–H and O–H groups in total. The van der Waals surface area contributed by atoms with E-state index in [1.165, 1.54) is 5.56 Å². The van der Waals surface area contributed by atoms with E-state index >= 15 is 0 Å². The number of pyridine rings is 1. The number of hydrogen-bond donors (Lipinski definition) is 1. The Morgan fingerprint density at radius 2 is 2.00 bits per heavy atom. The molecule has 2 nitrogen and oxygen atoms in total. The molecule has 0 aliphatic rings. The number of benzene rings is 1. The second-order valence-electron chi connectivity index (χ2n) is 5.51. The van der Waals surface area contributed by atoms with Gasteiger partial charge in [0, 0.05) is 17.4 Å². The van der Waals surface area contributed by atoms with Crippen molar-refractivity contribution in [3.8, 4) is 0 Å². The lowest BCUT2D eigenvalue weighted by Crippen LogP contribution is -1.97. The first kappa shape index (κ1) is 16.0. The standard InChI is InChI=1S/C20H24N2/c1-4-6-7-16(3)14-17-8-10-19(11-9-17)22-20-15-21-13-12-18(20)5-2/h5-13,15-16,22H,2,4,14H2,1,3H3/b7-6-. The van der Waals surface area contributed by atoms with E-state index in [2.05, 4.69) is 67.1 Å². The first-order valence-electron chi connectivity index (χ1n) is 7.82. The molecule has 2 rings (SSSR count). The Morgan fingerprint density at radius 1 is 1.23 bits per heavy atom. The Hall–Kier alpha value is -2.35. The molecule has 2 heteroatoms. The van der Waals surface area contributed by atoms with Crippen LogP contribution in [-0.4, -0.2) is 4.98 Å². The highest BCUT2D eigenvalue weighted by atomic mass is 14.9. The van der Waals surface area contributed by atoms with Gasteiger partial charge in [0.15, 0.2) is 0 Å². The normalized spacial score (nSPS) is 12.3. The van der Waals surface area contributed by atoms with Crippen LogP contribution in [0.3, 0.4) is 0 Å². The third-order valence-corrected chi connectivity index (χ3v) is 3.57.